The second-order valence-electron chi connectivity index (χ2n) is 8.07. The Morgan fingerprint density at radius 2 is 1.72 bits per heavy atom. The van der Waals surface area contributed by atoms with Gasteiger partial charge >= 0.3 is 5.97 Å². The highest BCUT2D eigenvalue weighted by Gasteiger charge is 2.31. The van der Waals surface area contributed by atoms with Crippen molar-refractivity contribution >= 4 is 33.4 Å². The van der Waals surface area contributed by atoms with Crippen LogP contribution in [0.5, 0.6) is 11.5 Å². The summed E-state index contributed by atoms with van der Waals surface area (Å²) < 4.78 is 43.6. The molecule has 0 atom stereocenters. The number of hydrogen-bond donors (Lipinski definition) is 0. The maximum absolute atomic E-state index is 13.4. The minimum absolute atomic E-state index is 0.0115. The molecular formula is C26H24ClNO7S. The lowest BCUT2D eigenvalue weighted by Crippen LogP contribution is -2.36. The first-order valence-electron chi connectivity index (χ1n) is 11.0. The number of ether oxygens (including phenoxy) is 3. The fourth-order valence-electron chi connectivity index (χ4n) is 3.97. The molecule has 10 heteroatoms. The number of ketones is 1. The fourth-order valence-corrected chi connectivity index (χ4v) is 5.89. The molecule has 3 aromatic rings. The van der Waals surface area contributed by atoms with Gasteiger partial charge in [-0.05, 0) is 53.9 Å². The number of fused-ring (bicyclic) bond motifs is 1. The SMILES string of the molecule is COc1ccc(OC)c(C(=O)COC(=O)c2ccc(Cl)c(S(=O)(=O)N3CCc4ccccc4C3)c2)c1. The highest BCUT2D eigenvalue weighted by Crippen LogP contribution is 2.30. The minimum atomic E-state index is -3.99. The monoisotopic (exact) mass is 529 g/mol. The quantitative estimate of drug-likeness (QED) is 0.319. The predicted octanol–water partition coefficient (Wildman–Crippen LogP) is 4.14. The number of esters is 1. The number of nitrogens with zero attached hydrogens (tertiary/aromatic N) is 1. The molecule has 3 aromatic carbocycles. The van der Waals surface area contributed by atoms with Gasteiger partial charge in [-0.25, -0.2) is 13.2 Å². The third-order valence-electron chi connectivity index (χ3n) is 5.92. The van der Waals surface area contributed by atoms with Crippen molar-refractivity contribution in [3.8, 4) is 11.5 Å². The first kappa shape index (κ1) is 25.7. The summed E-state index contributed by atoms with van der Waals surface area (Å²) in [6.45, 7) is -0.0718. The summed E-state index contributed by atoms with van der Waals surface area (Å²) in [6, 6.07) is 16.2. The van der Waals surface area contributed by atoms with E-state index in [4.69, 9.17) is 25.8 Å². The summed E-state index contributed by atoms with van der Waals surface area (Å²) in [5.41, 5.74) is 2.17. The van der Waals surface area contributed by atoms with Gasteiger partial charge in [-0.1, -0.05) is 35.9 Å². The molecule has 36 heavy (non-hydrogen) atoms. The molecule has 0 N–H and O–H groups in total. The maximum atomic E-state index is 13.4. The Balaban J connectivity index is 1.51. The molecule has 8 nitrogen and oxygen atoms in total. The topological polar surface area (TPSA) is 99.2 Å². The number of halogens is 1. The second kappa shape index (κ2) is 10.7. The molecule has 0 unspecified atom stereocenters. The number of carbonyl (C=O) groups is 2. The van der Waals surface area contributed by atoms with E-state index in [1.54, 1.807) is 12.1 Å². The summed E-state index contributed by atoms with van der Waals surface area (Å²) in [5, 5.41) is -0.0115. The van der Waals surface area contributed by atoms with Crippen molar-refractivity contribution in [3.63, 3.8) is 0 Å². The number of benzene rings is 3. The standard InChI is InChI=1S/C26H24ClNO7S/c1-33-20-8-10-24(34-2)21(14-20)23(29)16-35-26(30)18-7-9-22(27)25(13-18)36(31,32)28-12-11-17-5-3-4-6-19(17)15-28/h3-10,13-14H,11-12,15-16H2,1-2H3. The van der Waals surface area contributed by atoms with E-state index in [2.05, 4.69) is 0 Å². The molecule has 0 amide bonds. The van der Waals surface area contributed by atoms with Crippen LogP contribution in [-0.2, 0) is 27.7 Å². The van der Waals surface area contributed by atoms with Crippen LogP contribution in [0.4, 0.5) is 0 Å². The number of sulfonamides is 1. The van der Waals surface area contributed by atoms with E-state index in [1.807, 2.05) is 24.3 Å². The number of Topliss-reactive ketones (excluding diaryl/α,β-unsaturated/α-hetero) is 1. The minimum Gasteiger partial charge on any atom is -0.497 e. The molecule has 0 spiro atoms. The zero-order valence-corrected chi connectivity index (χ0v) is 21.3. The van der Waals surface area contributed by atoms with Gasteiger partial charge in [-0.2, -0.15) is 4.31 Å². The van der Waals surface area contributed by atoms with Crippen molar-refractivity contribution in [1.29, 1.82) is 0 Å². The molecule has 0 saturated carbocycles. The van der Waals surface area contributed by atoms with E-state index in [-0.39, 0.29) is 27.6 Å². The summed E-state index contributed by atoms with van der Waals surface area (Å²) in [7, 11) is -1.11. The molecule has 0 aromatic heterocycles. The van der Waals surface area contributed by atoms with Gasteiger partial charge in [0.25, 0.3) is 0 Å². The lowest BCUT2D eigenvalue weighted by molar-refractivity contribution is 0.0473. The van der Waals surface area contributed by atoms with Crippen molar-refractivity contribution in [2.24, 2.45) is 0 Å². The van der Waals surface area contributed by atoms with Crippen LogP contribution in [0, 0.1) is 0 Å². The first-order chi connectivity index (χ1) is 17.2. The zero-order chi connectivity index (χ0) is 25.9. The Kier molecular flexibility index (Phi) is 7.63. The van der Waals surface area contributed by atoms with Gasteiger partial charge in [0.2, 0.25) is 15.8 Å². The van der Waals surface area contributed by atoms with Crippen LogP contribution in [0.15, 0.2) is 65.6 Å². The molecule has 0 aliphatic carbocycles. The maximum Gasteiger partial charge on any atom is 0.338 e. The van der Waals surface area contributed by atoms with Gasteiger partial charge < -0.3 is 14.2 Å². The van der Waals surface area contributed by atoms with Crippen molar-refractivity contribution in [1.82, 2.24) is 4.31 Å². The molecule has 188 valence electrons. The largest absolute Gasteiger partial charge is 0.497 e. The zero-order valence-electron chi connectivity index (χ0n) is 19.7. The smallest absolute Gasteiger partial charge is 0.338 e. The van der Waals surface area contributed by atoms with Crippen LogP contribution in [0.1, 0.15) is 31.8 Å². The molecular weight excluding hydrogens is 506 g/mol. The number of hydrogen-bond acceptors (Lipinski definition) is 7. The van der Waals surface area contributed by atoms with Gasteiger partial charge in [-0.15, -0.1) is 0 Å². The third-order valence-corrected chi connectivity index (χ3v) is 8.25. The normalized spacial score (nSPS) is 13.5. The third kappa shape index (κ3) is 5.23. The number of rotatable bonds is 8. The van der Waals surface area contributed by atoms with Gasteiger partial charge in [0, 0.05) is 13.1 Å². The van der Waals surface area contributed by atoms with E-state index < -0.39 is 28.4 Å². The van der Waals surface area contributed by atoms with Gasteiger partial charge in [0.15, 0.2) is 6.61 Å². The number of methoxy groups -OCH3 is 2. The molecule has 0 radical (unpaired) electrons. The van der Waals surface area contributed by atoms with E-state index >= 15 is 0 Å². The molecule has 1 aliphatic rings. The van der Waals surface area contributed by atoms with E-state index in [0.717, 1.165) is 11.1 Å². The van der Waals surface area contributed by atoms with Crippen molar-refractivity contribution in [2.75, 3.05) is 27.4 Å². The van der Waals surface area contributed by atoms with Crippen LogP contribution in [-0.4, -0.2) is 51.8 Å². The second-order valence-corrected chi connectivity index (χ2v) is 10.4. The van der Waals surface area contributed by atoms with Crippen molar-refractivity contribution in [3.05, 3.63) is 87.9 Å². The van der Waals surface area contributed by atoms with Gasteiger partial charge in [0.1, 0.15) is 16.4 Å². The van der Waals surface area contributed by atoms with Crippen LogP contribution in [0.25, 0.3) is 0 Å². The molecule has 0 bridgehead atoms. The van der Waals surface area contributed by atoms with Crippen LogP contribution >= 0.6 is 11.6 Å². The first-order valence-corrected chi connectivity index (χ1v) is 12.8. The van der Waals surface area contributed by atoms with Gasteiger partial charge in [0.05, 0.1) is 30.4 Å². The Morgan fingerprint density at radius 3 is 2.44 bits per heavy atom. The summed E-state index contributed by atoms with van der Waals surface area (Å²) in [4.78, 5) is 25.2. The Labute approximate surface area is 214 Å². The average molecular weight is 530 g/mol. The highest BCUT2D eigenvalue weighted by molar-refractivity contribution is 7.89. The summed E-state index contributed by atoms with van der Waals surface area (Å²) in [6.07, 6.45) is 0.574. The lowest BCUT2D eigenvalue weighted by atomic mass is 10.0. The fraction of sp³-hybridized carbons (Fsp3) is 0.231. The molecule has 1 aliphatic heterocycles. The van der Waals surface area contributed by atoms with Crippen molar-refractivity contribution in [2.45, 2.75) is 17.9 Å². The lowest BCUT2D eigenvalue weighted by Gasteiger charge is -2.28. The van der Waals surface area contributed by atoms with E-state index in [1.165, 1.54) is 42.8 Å². The van der Waals surface area contributed by atoms with Crippen molar-refractivity contribution < 1.29 is 32.2 Å². The molecule has 1 heterocycles. The van der Waals surface area contributed by atoms with Crippen LogP contribution in [0.3, 0.4) is 0 Å². The Hall–Kier alpha value is -3.40. The van der Waals surface area contributed by atoms with Crippen LogP contribution in [0.2, 0.25) is 5.02 Å². The molecule has 4 rings (SSSR count). The van der Waals surface area contributed by atoms with Gasteiger partial charge in [-0.3, -0.25) is 4.79 Å². The Bertz CT molecular complexity index is 1420. The average Bonchev–Trinajstić information content (AvgIpc) is 2.90. The van der Waals surface area contributed by atoms with E-state index in [9.17, 15) is 18.0 Å². The molecule has 0 saturated heterocycles. The highest BCUT2D eigenvalue weighted by atomic mass is 35.5. The van der Waals surface area contributed by atoms with Crippen LogP contribution < -0.4 is 9.47 Å². The van der Waals surface area contributed by atoms with E-state index in [0.29, 0.717) is 24.5 Å². The summed E-state index contributed by atoms with van der Waals surface area (Å²) in [5.74, 6) is -0.617. The molecule has 0 fully saturated rings. The predicted molar refractivity (Wildman–Crippen MR) is 133 cm³/mol. The number of carbonyl (C=O) groups excluding carboxylic acids is 2. The summed E-state index contributed by atoms with van der Waals surface area (Å²) >= 11 is 6.24. The Morgan fingerprint density at radius 1 is 0.972 bits per heavy atom.